The van der Waals surface area contributed by atoms with Gasteiger partial charge in [0.15, 0.2) is 0 Å². The molecule has 6 nitrogen and oxygen atoms in total. The summed E-state index contributed by atoms with van der Waals surface area (Å²) in [5.41, 5.74) is 0.942. The Bertz CT molecular complexity index is 951. The fourth-order valence-electron chi connectivity index (χ4n) is 5.32. The molecule has 0 aromatic heterocycles. The number of carbonyl (C=O) groups is 1. The van der Waals surface area contributed by atoms with Gasteiger partial charge in [0.25, 0.3) is 0 Å². The number of rotatable bonds is 6. The quantitative estimate of drug-likeness (QED) is 0.658. The predicted octanol–water partition coefficient (Wildman–Crippen LogP) is 4.66. The van der Waals surface area contributed by atoms with E-state index in [1.165, 1.54) is 0 Å². The highest BCUT2D eigenvalue weighted by atomic mass is 35.5. The molecule has 2 N–H and O–H groups in total. The van der Waals surface area contributed by atoms with Crippen molar-refractivity contribution >= 4 is 23.2 Å². The van der Waals surface area contributed by atoms with Crippen LogP contribution in [-0.2, 0) is 4.79 Å². The molecule has 0 spiro atoms. The van der Waals surface area contributed by atoms with E-state index in [1.807, 2.05) is 18.2 Å². The maximum Gasteiger partial charge on any atom is 0.238 e. The van der Waals surface area contributed by atoms with Gasteiger partial charge in [-0.2, -0.15) is 0 Å². The summed E-state index contributed by atoms with van der Waals surface area (Å²) >= 11 is 5.96. The second kappa shape index (κ2) is 9.69. The molecule has 0 unspecified atom stereocenters. The number of halogens is 1. The van der Waals surface area contributed by atoms with Gasteiger partial charge in [0, 0.05) is 34.8 Å². The Hall–Kier alpha value is -2.28. The third kappa shape index (κ3) is 4.72. The molecule has 0 radical (unpaired) electrons. The SMILES string of the molecule is COc1ccc(OC)c([C@@H]2[C@@H]3CCCC[C@]3(O)CCN2CC(=O)Nc2ccc(Cl)cc2)c1. The van der Waals surface area contributed by atoms with Crippen LogP contribution >= 0.6 is 11.6 Å². The molecule has 2 aromatic carbocycles. The smallest absolute Gasteiger partial charge is 0.238 e. The Balaban J connectivity index is 1.64. The molecule has 2 fully saturated rings. The number of methoxy groups -OCH3 is 2. The van der Waals surface area contributed by atoms with Crippen molar-refractivity contribution in [3.8, 4) is 11.5 Å². The lowest BCUT2D eigenvalue weighted by Gasteiger charge is -2.52. The molecule has 1 aliphatic heterocycles. The third-order valence-corrected chi connectivity index (χ3v) is 7.15. The van der Waals surface area contributed by atoms with Crippen molar-refractivity contribution in [2.24, 2.45) is 5.92 Å². The van der Waals surface area contributed by atoms with Crippen LogP contribution in [0.4, 0.5) is 5.69 Å². The third-order valence-electron chi connectivity index (χ3n) is 6.90. The molecule has 1 amide bonds. The lowest BCUT2D eigenvalue weighted by atomic mass is 9.66. The average molecular weight is 459 g/mol. The normalized spacial score (nSPS) is 25.6. The highest BCUT2D eigenvalue weighted by molar-refractivity contribution is 6.30. The Kier molecular flexibility index (Phi) is 6.93. The number of fused-ring (bicyclic) bond motifs is 1. The first-order valence-electron chi connectivity index (χ1n) is 11.2. The van der Waals surface area contributed by atoms with Gasteiger partial charge in [-0.05, 0) is 61.7 Å². The number of carbonyl (C=O) groups excluding carboxylic acids is 1. The molecule has 1 heterocycles. The minimum absolute atomic E-state index is 0.0225. The number of hydrogen-bond donors (Lipinski definition) is 2. The van der Waals surface area contributed by atoms with Gasteiger partial charge >= 0.3 is 0 Å². The molecule has 7 heteroatoms. The van der Waals surface area contributed by atoms with Gasteiger partial charge in [0.05, 0.1) is 26.4 Å². The molecule has 1 aliphatic carbocycles. The van der Waals surface area contributed by atoms with E-state index in [2.05, 4.69) is 10.2 Å². The molecule has 172 valence electrons. The average Bonchev–Trinajstić information content (AvgIpc) is 2.80. The van der Waals surface area contributed by atoms with E-state index in [0.717, 1.165) is 42.7 Å². The minimum atomic E-state index is -0.722. The number of nitrogens with zero attached hydrogens (tertiary/aromatic N) is 1. The zero-order valence-corrected chi connectivity index (χ0v) is 19.4. The van der Waals surface area contributed by atoms with Crippen molar-refractivity contribution in [1.82, 2.24) is 4.90 Å². The van der Waals surface area contributed by atoms with Crippen molar-refractivity contribution in [2.75, 3.05) is 32.6 Å². The van der Waals surface area contributed by atoms with Crippen molar-refractivity contribution in [3.63, 3.8) is 0 Å². The van der Waals surface area contributed by atoms with E-state index in [1.54, 1.807) is 38.5 Å². The highest BCUT2D eigenvalue weighted by Crippen LogP contribution is 2.51. The molecule has 1 saturated carbocycles. The number of likely N-dealkylation sites (tertiary alicyclic amines) is 1. The number of ether oxygens (including phenoxy) is 2. The summed E-state index contributed by atoms with van der Waals surface area (Å²) in [6, 6.07) is 12.7. The van der Waals surface area contributed by atoms with Crippen LogP contribution < -0.4 is 14.8 Å². The lowest BCUT2D eigenvalue weighted by Crippen LogP contribution is -2.56. The van der Waals surface area contributed by atoms with Crippen LogP contribution in [0, 0.1) is 5.92 Å². The molecule has 1 saturated heterocycles. The van der Waals surface area contributed by atoms with Crippen molar-refractivity contribution in [1.29, 1.82) is 0 Å². The van der Waals surface area contributed by atoms with E-state index < -0.39 is 5.60 Å². The first-order valence-corrected chi connectivity index (χ1v) is 11.5. The summed E-state index contributed by atoms with van der Waals surface area (Å²) in [6.45, 7) is 0.853. The molecular formula is C25H31ClN2O4. The van der Waals surface area contributed by atoms with Gasteiger partial charge in [0.2, 0.25) is 5.91 Å². The van der Waals surface area contributed by atoms with Crippen molar-refractivity contribution in [2.45, 2.75) is 43.7 Å². The number of benzene rings is 2. The summed E-state index contributed by atoms with van der Waals surface area (Å²) in [5.74, 6) is 1.40. The van der Waals surface area contributed by atoms with Gasteiger partial charge in [-0.15, -0.1) is 0 Å². The van der Waals surface area contributed by atoms with Crippen LogP contribution in [0.3, 0.4) is 0 Å². The van der Waals surface area contributed by atoms with Gasteiger partial charge in [0.1, 0.15) is 11.5 Å². The molecule has 4 rings (SSSR count). The minimum Gasteiger partial charge on any atom is -0.497 e. The van der Waals surface area contributed by atoms with E-state index in [4.69, 9.17) is 21.1 Å². The number of anilines is 1. The Labute approximate surface area is 194 Å². The first kappa shape index (κ1) is 22.9. The van der Waals surface area contributed by atoms with E-state index in [0.29, 0.717) is 23.7 Å². The zero-order valence-electron chi connectivity index (χ0n) is 18.6. The second-order valence-corrected chi connectivity index (χ2v) is 9.22. The maximum atomic E-state index is 13.0. The van der Waals surface area contributed by atoms with Crippen LogP contribution in [0.15, 0.2) is 42.5 Å². The molecular weight excluding hydrogens is 428 g/mol. The molecule has 2 aromatic rings. The van der Waals surface area contributed by atoms with E-state index in [9.17, 15) is 9.90 Å². The number of amides is 1. The predicted molar refractivity (Wildman–Crippen MR) is 125 cm³/mol. The molecule has 32 heavy (non-hydrogen) atoms. The fourth-order valence-corrected chi connectivity index (χ4v) is 5.45. The van der Waals surface area contributed by atoms with Gasteiger partial charge in [-0.1, -0.05) is 24.4 Å². The zero-order chi connectivity index (χ0) is 22.7. The first-order chi connectivity index (χ1) is 15.4. The van der Waals surface area contributed by atoms with E-state index >= 15 is 0 Å². The summed E-state index contributed by atoms with van der Waals surface area (Å²) in [5, 5.41) is 15.1. The van der Waals surface area contributed by atoms with Crippen LogP contribution in [0.25, 0.3) is 0 Å². The molecule has 2 aliphatic rings. The molecule has 0 bridgehead atoms. The molecule has 3 atom stereocenters. The summed E-state index contributed by atoms with van der Waals surface area (Å²) in [6.07, 6.45) is 4.48. The fraction of sp³-hybridized carbons (Fsp3) is 0.480. The second-order valence-electron chi connectivity index (χ2n) is 8.78. The number of piperidine rings is 1. The number of aliphatic hydroxyl groups is 1. The largest absolute Gasteiger partial charge is 0.497 e. The van der Waals surface area contributed by atoms with Gasteiger partial charge in [-0.25, -0.2) is 0 Å². The van der Waals surface area contributed by atoms with Crippen molar-refractivity contribution in [3.05, 3.63) is 53.1 Å². The Morgan fingerprint density at radius 3 is 2.66 bits per heavy atom. The number of hydrogen-bond acceptors (Lipinski definition) is 5. The Morgan fingerprint density at radius 2 is 1.94 bits per heavy atom. The topological polar surface area (TPSA) is 71.0 Å². The Morgan fingerprint density at radius 1 is 1.16 bits per heavy atom. The van der Waals surface area contributed by atoms with Crippen molar-refractivity contribution < 1.29 is 19.4 Å². The van der Waals surface area contributed by atoms with Crippen LogP contribution in [0.1, 0.15) is 43.7 Å². The monoisotopic (exact) mass is 458 g/mol. The summed E-state index contributed by atoms with van der Waals surface area (Å²) < 4.78 is 11.2. The standard InChI is InChI=1S/C25H31ClN2O4/c1-31-19-10-11-22(32-2)20(15-19)24-21-5-3-4-12-25(21,30)13-14-28(24)16-23(29)27-18-8-6-17(26)7-9-18/h6-11,15,21,24,30H,3-5,12-14,16H2,1-2H3,(H,27,29)/t21-,24+,25-/m0/s1. The van der Waals surface area contributed by atoms with Gasteiger partial charge < -0.3 is 19.9 Å². The van der Waals surface area contributed by atoms with Crippen LogP contribution in [0.5, 0.6) is 11.5 Å². The van der Waals surface area contributed by atoms with Crippen LogP contribution in [-0.4, -0.2) is 48.8 Å². The highest BCUT2D eigenvalue weighted by Gasteiger charge is 2.50. The summed E-state index contributed by atoms with van der Waals surface area (Å²) in [7, 11) is 3.29. The maximum absolute atomic E-state index is 13.0. The number of nitrogens with one attached hydrogen (secondary N) is 1. The lowest BCUT2D eigenvalue weighted by molar-refractivity contribution is -0.135. The van der Waals surface area contributed by atoms with Gasteiger partial charge in [-0.3, -0.25) is 9.69 Å². The van der Waals surface area contributed by atoms with Crippen LogP contribution in [0.2, 0.25) is 5.02 Å². The van der Waals surface area contributed by atoms with E-state index in [-0.39, 0.29) is 24.4 Å². The summed E-state index contributed by atoms with van der Waals surface area (Å²) in [4.78, 5) is 15.1.